The Morgan fingerprint density at radius 1 is 1.36 bits per heavy atom. The normalized spacial score (nSPS) is 14.6. The van der Waals surface area contributed by atoms with Crippen LogP contribution >= 0.6 is 0 Å². The molecule has 7 nitrogen and oxygen atoms in total. The summed E-state index contributed by atoms with van der Waals surface area (Å²) in [7, 11) is 0. The molecule has 0 aliphatic heterocycles. The fourth-order valence-corrected chi connectivity index (χ4v) is 2.15. The summed E-state index contributed by atoms with van der Waals surface area (Å²) < 4.78 is 19.0. The fraction of sp³-hybridized carbons (Fsp3) is 0.294. The van der Waals surface area contributed by atoms with E-state index >= 15 is 0 Å². The first-order valence-corrected chi connectivity index (χ1v) is 7.77. The SMILES string of the molecule is CC(Oc1ccc(NC(=O)c2ccnc(C3CC3)n2)cc1F)C(=O)O. The number of carbonyl (C=O) groups excluding carboxylic acids is 1. The molecule has 0 radical (unpaired) electrons. The molecule has 0 spiro atoms. The molecule has 1 aromatic heterocycles. The lowest BCUT2D eigenvalue weighted by molar-refractivity contribution is -0.144. The van der Waals surface area contributed by atoms with Crippen LogP contribution in [-0.4, -0.2) is 33.1 Å². The molecular formula is C17H16FN3O4. The third kappa shape index (κ3) is 4.09. The Hall–Kier alpha value is -3.03. The summed E-state index contributed by atoms with van der Waals surface area (Å²) in [5.41, 5.74) is 0.418. The number of carbonyl (C=O) groups is 2. The smallest absolute Gasteiger partial charge is 0.344 e. The number of carboxylic acids is 1. The highest BCUT2D eigenvalue weighted by Gasteiger charge is 2.27. The minimum atomic E-state index is -1.20. The summed E-state index contributed by atoms with van der Waals surface area (Å²) in [5, 5.41) is 11.3. The molecule has 1 heterocycles. The fourth-order valence-electron chi connectivity index (χ4n) is 2.15. The summed E-state index contributed by atoms with van der Waals surface area (Å²) in [5.74, 6) is -1.69. The zero-order chi connectivity index (χ0) is 18.0. The van der Waals surface area contributed by atoms with E-state index in [1.807, 2.05) is 0 Å². The van der Waals surface area contributed by atoms with Crippen LogP contribution in [0, 0.1) is 5.82 Å². The Morgan fingerprint density at radius 3 is 2.76 bits per heavy atom. The van der Waals surface area contributed by atoms with Crippen molar-refractivity contribution in [1.82, 2.24) is 9.97 Å². The zero-order valence-corrected chi connectivity index (χ0v) is 13.4. The molecule has 1 aliphatic carbocycles. The Labute approximate surface area is 142 Å². The van der Waals surface area contributed by atoms with E-state index in [9.17, 15) is 14.0 Å². The standard InChI is InChI=1S/C17H16FN3O4/c1-9(17(23)24)25-14-5-4-11(8-12(14)18)20-16(22)13-6-7-19-15(21-13)10-2-3-10/h4-10H,2-3H2,1H3,(H,20,22)(H,23,24). The monoisotopic (exact) mass is 345 g/mol. The molecule has 1 unspecified atom stereocenters. The first kappa shape index (κ1) is 16.8. The Balaban J connectivity index is 1.70. The van der Waals surface area contributed by atoms with Gasteiger partial charge in [-0.25, -0.2) is 19.2 Å². The van der Waals surface area contributed by atoms with Crippen molar-refractivity contribution in [2.75, 3.05) is 5.32 Å². The number of benzene rings is 1. The molecule has 1 aliphatic rings. The number of nitrogens with zero attached hydrogens (tertiary/aromatic N) is 2. The van der Waals surface area contributed by atoms with Crippen LogP contribution in [0.15, 0.2) is 30.5 Å². The molecule has 1 atom stereocenters. The average molecular weight is 345 g/mol. The average Bonchev–Trinajstić information content (AvgIpc) is 3.42. The summed E-state index contributed by atoms with van der Waals surface area (Å²) in [6.07, 6.45) is 2.39. The maximum absolute atomic E-state index is 14.0. The molecule has 25 heavy (non-hydrogen) atoms. The van der Waals surface area contributed by atoms with Gasteiger partial charge in [0, 0.05) is 23.9 Å². The maximum Gasteiger partial charge on any atom is 0.344 e. The van der Waals surface area contributed by atoms with Crippen LogP contribution in [0.3, 0.4) is 0 Å². The second-order valence-electron chi connectivity index (χ2n) is 5.77. The van der Waals surface area contributed by atoms with Gasteiger partial charge in [0.15, 0.2) is 17.7 Å². The molecule has 1 aromatic carbocycles. The van der Waals surface area contributed by atoms with Crippen LogP contribution in [0.2, 0.25) is 0 Å². The van der Waals surface area contributed by atoms with Crippen molar-refractivity contribution in [2.24, 2.45) is 0 Å². The van der Waals surface area contributed by atoms with E-state index in [1.165, 1.54) is 31.3 Å². The molecule has 8 heteroatoms. The van der Waals surface area contributed by atoms with Crippen molar-refractivity contribution >= 4 is 17.6 Å². The third-order valence-corrected chi connectivity index (χ3v) is 3.69. The Kier molecular flexibility index (Phi) is 4.60. The van der Waals surface area contributed by atoms with Crippen LogP contribution in [-0.2, 0) is 4.79 Å². The molecule has 130 valence electrons. The first-order chi connectivity index (χ1) is 11.9. The molecule has 1 saturated carbocycles. The molecule has 3 rings (SSSR count). The largest absolute Gasteiger partial charge is 0.479 e. The van der Waals surface area contributed by atoms with Crippen molar-refractivity contribution in [3.05, 3.63) is 47.8 Å². The molecule has 0 saturated heterocycles. The van der Waals surface area contributed by atoms with Gasteiger partial charge >= 0.3 is 5.97 Å². The number of anilines is 1. The predicted molar refractivity (Wildman–Crippen MR) is 86.1 cm³/mol. The minimum absolute atomic E-state index is 0.203. The van der Waals surface area contributed by atoms with Crippen LogP contribution in [0.5, 0.6) is 5.75 Å². The third-order valence-electron chi connectivity index (χ3n) is 3.69. The van der Waals surface area contributed by atoms with E-state index in [-0.39, 0.29) is 17.1 Å². The lowest BCUT2D eigenvalue weighted by atomic mass is 10.2. The lowest BCUT2D eigenvalue weighted by Crippen LogP contribution is -2.23. The van der Waals surface area contributed by atoms with Gasteiger partial charge in [-0.05, 0) is 38.0 Å². The van der Waals surface area contributed by atoms with Crippen molar-refractivity contribution in [3.8, 4) is 5.75 Å². The second-order valence-corrected chi connectivity index (χ2v) is 5.77. The van der Waals surface area contributed by atoms with Gasteiger partial charge in [0.1, 0.15) is 11.5 Å². The van der Waals surface area contributed by atoms with Gasteiger partial charge in [-0.3, -0.25) is 4.79 Å². The van der Waals surface area contributed by atoms with Crippen molar-refractivity contribution in [1.29, 1.82) is 0 Å². The van der Waals surface area contributed by atoms with Gasteiger partial charge in [0.25, 0.3) is 5.91 Å². The minimum Gasteiger partial charge on any atom is -0.479 e. The van der Waals surface area contributed by atoms with E-state index < -0.39 is 23.8 Å². The summed E-state index contributed by atoms with van der Waals surface area (Å²) >= 11 is 0. The van der Waals surface area contributed by atoms with E-state index in [1.54, 1.807) is 0 Å². The highest BCUT2D eigenvalue weighted by molar-refractivity contribution is 6.02. The topological polar surface area (TPSA) is 101 Å². The van der Waals surface area contributed by atoms with Gasteiger partial charge in [0.05, 0.1) is 0 Å². The summed E-state index contributed by atoms with van der Waals surface area (Å²) in [6, 6.07) is 5.24. The summed E-state index contributed by atoms with van der Waals surface area (Å²) in [4.78, 5) is 31.4. The van der Waals surface area contributed by atoms with Crippen LogP contribution in [0.25, 0.3) is 0 Å². The molecule has 1 fully saturated rings. The highest BCUT2D eigenvalue weighted by Crippen LogP contribution is 2.37. The Bertz CT molecular complexity index is 823. The number of halogens is 1. The lowest BCUT2D eigenvalue weighted by Gasteiger charge is -2.12. The number of aromatic nitrogens is 2. The van der Waals surface area contributed by atoms with Gasteiger partial charge in [0.2, 0.25) is 0 Å². The molecule has 1 amide bonds. The van der Waals surface area contributed by atoms with Gasteiger partial charge < -0.3 is 15.2 Å². The number of hydrogen-bond acceptors (Lipinski definition) is 5. The number of ether oxygens (including phenoxy) is 1. The molecular weight excluding hydrogens is 329 g/mol. The van der Waals surface area contributed by atoms with E-state index in [4.69, 9.17) is 9.84 Å². The van der Waals surface area contributed by atoms with Crippen molar-refractivity contribution < 1.29 is 23.8 Å². The second kappa shape index (κ2) is 6.84. The van der Waals surface area contributed by atoms with E-state index in [0.29, 0.717) is 11.7 Å². The number of nitrogens with one attached hydrogen (secondary N) is 1. The van der Waals surface area contributed by atoms with Crippen LogP contribution in [0.1, 0.15) is 42.0 Å². The van der Waals surface area contributed by atoms with Crippen molar-refractivity contribution in [2.45, 2.75) is 31.8 Å². The van der Waals surface area contributed by atoms with E-state index in [0.717, 1.165) is 18.9 Å². The van der Waals surface area contributed by atoms with Crippen LogP contribution in [0.4, 0.5) is 10.1 Å². The first-order valence-electron chi connectivity index (χ1n) is 7.77. The molecule has 2 aromatic rings. The molecule has 0 bridgehead atoms. The van der Waals surface area contributed by atoms with Crippen molar-refractivity contribution in [3.63, 3.8) is 0 Å². The van der Waals surface area contributed by atoms with Gasteiger partial charge in [-0.15, -0.1) is 0 Å². The van der Waals surface area contributed by atoms with Gasteiger partial charge in [-0.2, -0.15) is 0 Å². The number of aliphatic carboxylic acids is 1. The number of carboxylic acid groups (broad SMARTS) is 1. The summed E-state index contributed by atoms with van der Waals surface area (Å²) in [6.45, 7) is 1.30. The van der Waals surface area contributed by atoms with Gasteiger partial charge in [-0.1, -0.05) is 0 Å². The number of amides is 1. The maximum atomic E-state index is 14.0. The van der Waals surface area contributed by atoms with Crippen LogP contribution < -0.4 is 10.1 Å². The van der Waals surface area contributed by atoms with E-state index in [2.05, 4.69) is 15.3 Å². The zero-order valence-electron chi connectivity index (χ0n) is 13.4. The number of rotatable bonds is 6. The molecule has 2 N–H and O–H groups in total. The number of hydrogen-bond donors (Lipinski definition) is 2. The predicted octanol–water partition coefficient (Wildman–Crippen LogP) is 2.60. The Morgan fingerprint density at radius 2 is 2.12 bits per heavy atom. The highest BCUT2D eigenvalue weighted by atomic mass is 19.1. The quantitative estimate of drug-likeness (QED) is 0.834.